The molecular weight excluding hydrogens is 258 g/mol. The maximum atomic E-state index is 11.6. The molecule has 0 atom stereocenters. The van der Waals surface area contributed by atoms with Gasteiger partial charge in [0.15, 0.2) is 0 Å². The summed E-state index contributed by atoms with van der Waals surface area (Å²) in [5.74, 6) is 0. The van der Waals surface area contributed by atoms with Crippen molar-refractivity contribution in [1.82, 2.24) is 0 Å². The number of rotatable bonds is 2. The summed E-state index contributed by atoms with van der Waals surface area (Å²) in [6.45, 7) is 6.08. The van der Waals surface area contributed by atoms with Gasteiger partial charge in [0.05, 0.1) is 11.9 Å². The molecule has 0 aromatic heterocycles. The van der Waals surface area contributed by atoms with Crippen molar-refractivity contribution in [3.63, 3.8) is 0 Å². The molecule has 0 N–H and O–H groups in total. The third kappa shape index (κ3) is 3.36. The van der Waals surface area contributed by atoms with E-state index in [4.69, 9.17) is 11.6 Å². The Labute approximate surface area is 108 Å². The van der Waals surface area contributed by atoms with Crippen LogP contribution in [0.3, 0.4) is 0 Å². The van der Waals surface area contributed by atoms with Crippen molar-refractivity contribution in [2.75, 3.05) is 17.6 Å². The van der Waals surface area contributed by atoms with Crippen LogP contribution in [0.25, 0.3) is 0 Å². The molecule has 0 saturated heterocycles. The molecule has 3 nitrogen and oxygen atoms in total. The van der Waals surface area contributed by atoms with Crippen LogP contribution in [-0.2, 0) is 15.4 Å². The van der Waals surface area contributed by atoms with Crippen molar-refractivity contribution in [3.05, 3.63) is 28.8 Å². The fraction of sp³-hybridized carbons (Fsp3) is 0.500. The van der Waals surface area contributed by atoms with Gasteiger partial charge in [0, 0.05) is 12.1 Å². The second kappa shape index (κ2) is 4.50. The monoisotopic (exact) mass is 275 g/mol. The number of hydrogen-bond donors (Lipinski definition) is 0. The third-order valence-corrected chi connectivity index (χ3v) is 4.03. The number of sulfonamides is 1. The van der Waals surface area contributed by atoms with E-state index < -0.39 is 10.0 Å². The lowest BCUT2D eigenvalue weighted by atomic mass is 9.86. The Hall–Kier alpha value is -0.740. The van der Waals surface area contributed by atoms with Gasteiger partial charge in [-0.15, -0.1) is 0 Å². The van der Waals surface area contributed by atoms with E-state index in [2.05, 4.69) is 0 Å². The molecule has 0 unspecified atom stereocenters. The van der Waals surface area contributed by atoms with Crippen molar-refractivity contribution in [3.8, 4) is 0 Å². The molecule has 0 bridgehead atoms. The van der Waals surface area contributed by atoms with Crippen LogP contribution in [0.5, 0.6) is 0 Å². The minimum atomic E-state index is -3.26. The zero-order chi connectivity index (χ0) is 13.4. The number of hydrogen-bond acceptors (Lipinski definition) is 2. The molecule has 0 heterocycles. The van der Waals surface area contributed by atoms with E-state index >= 15 is 0 Å². The molecule has 1 aromatic rings. The predicted molar refractivity (Wildman–Crippen MR) is 73.4 cm³/mol. The van der Waals surface area contributed by atoms with Gasteiger partial charge in [-0.1, -0.05) is 32.4 Å². The van der Waals surface area contributed by atoms with Crippen LogP contribution < -0.4 is 4.31 Å². The molecule has 1 rings (SSSR count). The lowest BCUT2D eigenvalue weighted by Gasteiger charge is -2.27. The summed E-state index contributed by atoms with van der Waals surface area (Å²) in [4.78, 5) is 0. The van der Waals surface area contributed by atoms with Gasteiger partial charge >= 0.3 is 0 Å². The molecule has 0 aliphatic rings. The summed E-state index contributed by atoms with van der Waals surface area (Å²) in [5, 5.41) is 0.612. The quantitative estimate of drug-likeness (QED) is 0.832. The van der Waals surface area contributed by atoms with E-state index in [1.165, 1.54) is 10.6 Å². The standard InChI is InChI=1S/C12H18ClNO2S/c1-12(2,3)10-8-9(13)6-7-11(10)14(4)17(5,15)16/h6-8H,1-5H3. The predicted octanol–water partition coefficient (Wildman–Crippen LogP) is 3.03. The maximum Gasteiger partial charge on any atom is 0.232 e. The number of benzene rings is 1. The second-order valence-electron chi connectivity index (χ2n) is 5.14. The fourth-order valence-electron chi connectivity index (χ4n) is 1.56. The highest BCUT2D eigenvalue weighted by atomic mass is 35.5. The average Bonchev–Trinajstić information content (AvgIpc) is 2.14. The normalized spacial score (nSPS) is 12.6. The molecule has 0 fully saturated rings. The van der Waals surface area contributed by atoms with Crippen LogP contribution >= 0.6 is 11.6 Å². The topological polar surface area (TPSA) is 37.4 Å². The first-order valence-electron chi connectivity index (χ1n) is 5.27. The van der Waals surface area contributed by atoms with Gasteiger partial charge in [0.1, 0.15) is 0 Å². The number of halogens is 1. The first-order chi connectivity index (χ1) is 7.53. The van der Waals surface area contributed by atoms with Gasteiger partial charge in [-0.2, -0.15) is 0 Å². The summed E-state index contributed by atoms with van der Waals surface area (Å²) >= 11 is 5.97. The van der Waals surface area contributed by atoms with Crippen molar-refractivity contribution >= 4 is 27.3 Å². The molecule has 96 valence electrons. The maximum absolute atomic E-state index is 11.6. The number of nitrogens with zero attached hydrogens (tertiary/aromatic N) is 1. The summed E-state index contributed by atoms with van der Waals surface area (Å²) in [7, 11) is -1.71. The van der Waals surface area contributed by atoms with Crippen molar-refractivity contribution in [2.45, 2.75) is 26.2 Å². The average molecular weight is 276 g/mol. The van der Waals surface area contributed by atoms with Gasteiger partial charge in [-0.05, 0) is 29.2 Å². The Balaban J connectivity index is 3.45. The van der Waals surface area contributed by atoms with Crippen LogP contribution in [-0.4, -0.2) is 21.7 Å². The van der Waals surface area contributed by atoms with E-state index in [1.54, 1.807) is 19.2 Å². The Morgan fingerprint density at radius 2 is 1.76 bits per heavy atom. The molecule has 0 radical (unpaired) electrons. The van der Waals surface area contributed by atoms with Crippen molar-refractivity contribution < 1.29 is 8.42 Å². The third-order valence-electron chi connectivity index (χ3n) is 2.60. The summed E-state index contributed by atoms with van der Waals surface area (Å²) < 4.78 is 24.5. The van der Waals surface area contributed by atoms with E-state index in [0.29, 0.717) is 10.7 Å². The smallest absolute Gasteiger partial charge is 0.232 e. The summed E-state index contributed by atoms with van der Waals surface area (Å²) in [6.07, 6.45) is 1.19. The van der Waals surface area contributed by atoms with Gasteiger partial charge in [-0.25, -0.2) is 8.42 Å². The van der Waals surface area contributed by atoms with E-state index in [0.717, 1.165) is 5.56 Å². The lowest BCUT2D eigenvalue weighted by Crippen LogP contribution is -2.28. The van der Waals surface area contributed by atoms with Gasteiger partial charge < -0.3 is 0 Å². The lowest BCUT2D eigenvalue weighted by molar-refractivity contribution is 0.586. The Morgan fingerprint density at radius 1 is 1.24 bits per heavy atom. The van der Waals surface area contributed by atoms with Gasteiger partial charge in [-0.3, -0.25) is 4.31 Å². The molecule has 0 amide bonds. The van der Waals surface area contributed by atoms with Gasteiger partial charge in [0.2, 0.25) is 10.0 Å². The first-order valence-corrected chi connectivity index (χ1v) is 7.50. The zero-order valence-corrected chi connectivity index (χ0v) is 12.4. The summed E-state index contributed by atoms with van der Waals surface area (Å²) in [6, 6.07) is 5.26. The SMILES string of the molecule is CN(c1ccc(Cl)cc1C(C)(C)C)S(C)(=O)=O. The molecule has 0 spiro atoms. The molecule has 0 aliphatic heterocycles. The molecule has 1 aromatic carbocycles. The van der Waals surface area contributed by atoms with Gasteiger partial charge in [0.25, 0.3) is 0 Å². The number of anilines is 1. The molecule has 17 heavy (non-hydrogen) atoms. The van der Waals surface area contributed by atoms with Crippen LogP contribution in [0, 0.1) is 0 Å². The zero-order valence-electron chi connectivity index (χ0n) is 10.8. The van der Waals surface area contributed by atoms with Crippen LogP contribution in [0.15, 0.2) is 18.2 Å². The minimum absolute atomic E-state index is 0.167. The molecular formula is C12H18ClNO2S. The largest absolute Gasteiger partial charge is 0.273 e. The molecule has 5 heteroatoms. The van der Waals surface area contributed by atoms with Crippen LogP contribution in [0.1, 0.15) is 26.3 Å². The first kappa shape index (κ1) is 14.3. The fourth-order valence-corrected chi connectivity index (χ4v) is 2.25. The van der Waals surface area contributed by atoms with Crippen LogP contribution in [0.2, 0.25) is 5.02 Å². The van der Waals surface area contributed by atoms with E-state index in [-0.39, 0.29) is 5.41 Å². The van der Waals surface area contributed by atoms with Crippen molar-refractivity contribution in [2.24, 2.45) is 0 Å². The Morgan fingerprint density at radius 3 is 2.18 bits per heavy atom. The molecule has 0 saturated carbocycles. The van der Waals surface area contributed by atoms with E-state index in [1.807, 2.05) is 26.8 Å². The minimum Gasteiger partial charge on any atom is -0.273 e. The van der Waals surface area contributed by atoms with Crippen LogP contribution in [0.4, 0.5) is 5.69 Å². The highest BCUT2D eigenvalue weighted by molar-refractivity contribution is 7.92. The Bertz CT molecular complexity index is 518. The highest BCUT2D eigenvalue weighted by Gasteiger charge is 2.23. The Kier molecular flexibility index (Phi) is 3.79. The van der Waals surface area contributed by atoms with E-state index in [9.17, 15) is 8.42 Å². The molecule has 0 aliphatic carbocycles. The highest BCUT2D eigenvalue weighted by Crippen LogP contribution is 2.34. The van der Waals surface area contributed by atoms with Crippen molar-refractivity contribution in [1.29, 1.82) is 0 Å². The summed E-state index contributed by atoms with van der Waals surface area (Å²) in [5.41, 5.74) is 1.42. The second-order valence-corrected chi connectivity index (χ2v) is 7.59.